The largest absolute Gasteiger partial charge is 0.310 e. The summed E-state index contributed by atoms with van der Waals surface area (Å²) in [4.78, 5) is 0. The highest BCUT2D eigenvalue weighted by Crippen LogP contribution is 2.27. The van der Waals surface area contributed by atoms with Gasteiger partial charge in [0.15, 0.2) is 0 Å². The van der Waals surface area contributed by atoms with Gasteiger partial charge in [0.25, 0.3) is 0 Å². The van der Waals surface area contributed by atoms with Crippen LogP contribution in [0.4, 0.5) is 8.78 Å². The van der Waals surface area contributed by atoms with Gasteiger partial charge in [0.2, 0.25) is 0 Å². The van der Waals surface area contributed by atoms with E-state index in [2.05, 4.69) is 5.32 Å². The molecule has 1 aromatic carbocycles. The molecular formula is C13H17F2N. The number of piperidine rings is 1. The second-order valence-electron chi connectivity index (χ2n) is 4.32. The van der Waals surface area contributed by atoms with E-state index in [4.69, 9.17) is 0 Å². The molecule has 1 N–H and O–H groups in total. The Hall–Kier alpha value is -0.960. The summed E-state index contributed by atoms with van der Waals surface area (Å²) in [5.41, 5.74) is 1.22. The summed E-state index contributed by atoms with van der Waals surface area (Å²) in [6, 6.07) is 2.75. The number of aryl methyl sites for hydroxylation is 1. The highest BCUT2D eigenvalue weighted by Gasteiger charge is 2.19. The maximum Gasteiger partial charge on any atom is 0.130 e. The van der Waals surface area contributed by atoms with Gasteiger partial charge in [-0.25, -0.2) is 8.78 Å². The first kappa shape index (κ1) is 11.5. The van der Waals surface area contributed by atoms with E-state index < -0.39 is 11.6 Å². The van der Waals surface area contributed by atoms with Gasteiger partial charge < -0.3 is 5.32 Å². The van der Waals surface area contributed by atoms with Crippen LogP contribution in [0.5, 0.6) is 0 Å². The van der Waals surface area contributed by atoms with Crippen molar-refractivity contribution in [2.24, 2.45) is 0 Å². The van der Waals surface area contributed by atoms with Gasteiger partial charge in [-0.15, -0.1) is 0 Å². The molecule has 1 aromatic rings. The standard InChI is InChI=1S/C13H17F2N/c1-2-9-7-10(12(15)8-11(9)14)13-5-3-4-6-16-13/h7-8,13,16H,2-6H2,1H3. The van der Waals surface area contributed by atoms with Gasteiger partial charge in [0.1, 0.15) is 11.6 Å². The topological polar surface area (TPSA) is 12.0 Å². The monoisotopic (exact) mass is 225 g/mol. The third-order valence-corrected chi connectivity index (χ3v) is 3.23. The molecule has 0 bridgehead atoms. The first-order chi connectivity index (χ1) is 7.72. The molecule has 1 atom stereocenters. The summed E-state index contributed by atoms with van der Waals surface area (Å²) in [6.07, 6.45) is 3.79. The zero-order valence-electron chi connectivity index (χ0n) is 9.52. The summed E-state index contributed by atoms with van der Waals surface area (Å²) in [5.74, 6) is -0.853. The number of halogens is 2. The van der Waals surface area contributed by atoms with Gasteiger partial charge >= 0.3 is 0 Å². The number of hydrogen-bond donors (Lipinski definition) is 1. The van der Waals surface area contributed by atoms with E-state index in [-0.39, 0.29) is 6.04 Å². The van der Waals surface area contributed by atoms with E-state index in [9.17, 15) is 8.78 Å². The number of nitrogens with one attached hydrogen (secondary N) is 1. The minimum atomic E-state index is -0.431. The zero-order valence-corrected chi connectivity index (χ0v) is 9.52. The van der Waals surface area contributed by atoms with Crippen LogP contribution in [0.3, 0.4) is 0 Å². The maximum atomic E-state index is 13.7. The second kappa shape index (κ2) is 4.91. The molecular weight excluding hydrogens is 208 g/mol. The normalized spacial score (nSPS) is 21.1. The quantitative estimate of drug-likeness (QED) is 0.814. The molecule has 3 heteroatoms. The van der Waals surface area contributed by atoms with Crippen molar-refractivity contribution in [3.63, 3.8) is 0 Å². The first-order valence-electron chi connectivity index (χ1n) is 5.93. The van der Waals surface area contributed by atoms with Gasteiger partial charge in [-0.1, -0.05) is 13.3 Å². The highest BCUT2D eigenvalue weighted by atomic mass is 19.1. The van der Waals surface area contributed by atoms with Crippen molar-refractivity contribution >= 4 is 0 Å². The average Bonchev–Trinajstić information content (AvgIpc) is 2.30. The predicted molar refractivity (Wildman–Crippen MR) is 60.3 cm³/mol. The predicted octanol–water partition coefficient (Wildman–Crippen LogP) is 3.34. The van der Waals surface area contributed by atoms with Crippen molar-refractivity contribution < 1.29 is 8.78 Å². The fourth-order valence-electron chi connectivity index (χ4n) is 2.27. The van der Waals surface area contributed by atoms with E-state index in [1.165, 1.54) is 0 Å². The first-order valence-corrected chi connectivity index (χ1v) is 5.93. The summed E-state index contributed by atoms with van der Waals surface area (Å²) in [7, 11) is 0. The molecule has 1 fully saturated rings. The van der Waals surface area contributed by atoms with Crippen molar-refractivity contribution in [2.75, 3.05) is 6.54 Å². The fourth-order valence-corrected chi connectivity index (χ4v) is 2.27. The van der Waals surface area contributed by atoms with Crippen molar-refractivity contribution in [3.05, 3.63) is 34.9 Å². The summed E-state index contributed by atoms with van der Waals surface area (Å²) < 4.78 is 27.0. The fraction of sp³-hybridized carbons (Fsp3) is 0.538. The Morgan fingerprint density at radius 3 is 2.69 bits per heavy atom. The minimum absolute atomic E-state index is 0.0552. The molecule has 0 aromatic heterocycles. The average molecular weight is 225 g/mol. The van der Waals surface area contributed by atoms with E-state index in [1.807, 2.05) is 6.92 Å². The summed E-state index contributed by atoms with van der Waals surface area (Å²) >= 11 is 0. The van der Waals surface area contributed by atoms with Crippen LogP contribution in [0.25, 0.3) is 0 Å². The molecule has 0 amide bonds. The Bertz CT molecular complexity index is 370. The van der Waals surface area contributed by atoms with Crippen LogP contribution in [0, 0.1) is 11.6 Å². The molecule has 1 aliphatic rings. The van der Waals surface area contributed by atoms with Gasteiger partial charge in [-0.2, -0.15) is 0 Å². The zero-order chi connectivity index (χ0) is 11.5. The molecule has 1 unspecified atom stereocenters. The van der Waals surface area contributed by atoms with E-state index >= 15 is 0 Å². The van der Waals surface area contributed by atoms with Gasteiger partial charge in [-0.3, -0.25) is 0 Å². The van der Waals surface area contributed by atoms with E-state index in [0.29, 0.717) is 17.5 Å². The van der Waals surface area contributed by atoms with Crippen molar-refractivity contribution in [3.8, 4) is 0 Å². The van der Waals surface area contributed by atoms with Gasteiger partial charge in [0.05, 0.1) is 0 Å². The molecule has 0 aliphatic carbocycles. The number of rotatable bonds is 2. The van der Waals surface area contributed by atoms with Crippen LogP contribution < -0.4 is 5.32 Å². The molecule has 2 rings (SSSR count). The third-order valence-electron chi connectivity index (χ3n) is 3.23. The summed E-state index contributed by atoms with van der Waals surface area (Å²) in [6.45, 7) is 2.80. The van der Waals surface area contributed by atoms with E-state index in [0.717, 1.165) is 31.9 Å². The lowest BCUT2D eigenvalue weighted by atomic mass is 9.95. The van der Waals surface area contributed by atoms with Crippen LogP contribution in [0.15, 0.2) is 12.1 Å². The SMILES string of the molecule is CCc1cc(C2CCCCN2)c(F)cc1F. The molecule has 16 heavy (non-hydrogen) atoms. The van der Waals surface area contributed by atoms with Crippen LogP contribution in [-0.4, -0.2) is 6.54 Å². The van der Waals surface area contributed by atoms with Crippen molar-refractivity contribution in [1.29, 1.82) is 0 Å². The smallest absolute Gasteiger partial charge is 0.130 e. The minimum Gasteiger partial charge on any atom is -0.310 e. The lowest BCUT2D eigenvalue weighted by Gasteiger charge is -2.24. The molecule has 1 saturated heterocycles. The molecule has 88 valence electrons. The van der Waals surface area contributed by atoms with Crippen LogP contribution in [-0.2, 0) is 6.42 Å². The highest BCUT2D eigenvalue weighted by molar-refractivity contribution is 5.29. The van der Waals surface area contributed by atoms with Crippen molar-refractivity contribution in [2.45, 2.75) is 38.6 Å². The third kappa shape index (κ3) is 2.24. The second-order valence-corrected chi connectivity index (χ2v) is 4.32. The number of benzene rings is 1. The molecule has 1 aliphatic heterocycles. The molecule has 1 nitrogen and oxygen atoms in total. The van der Waals surface area contributed by atoms with Crippen LogP contribution in [0.2, 0.25) is 0 Å². The Labute approximate surface area is 94.9 Å². The van der Waals surface area contributed by atoms with Gasteiger partial charge in [-0.05, 0) is 37.4 Å². The van der Waals surface area contributed by atoms with Crippen molar-refractivity contribution in [1.82, 2.24) is 5.32 Å². The van der Waals surface area contributed by atoms with Crippen LogP contribution in [0.1, 0.15) is 43.4 Å². The lowest BCUT2D eigenvalue weighted by molar-refractivity contribution is 0.398. The molecule has 0 spiro atoms. The van der Waals surface area contributed by atoms with E-state index in [1.54, 1.807) is 6.07 Å². The van der Waals surface area contributed by atoms with Crippen LogP contribution >= 0.6 is 0 Å². The van der Waals surface area contributed by atoms with Gasteiger partial charge in [0, 0.05) is 17.7 Å². The molecule has 0 saturated carbocycles. The summed E-state index contributed by atoms with van der Waals surface area (Å²) in [5, 5.41) is 3.28. The Kier molecular flexibility index (Phi) is 3.54. The molecule has 1 heterocycles. The Morgan fingerprint density at radius 1 is 1.25 bits per heavy atom. The lowest BCUT2D eigenvalue weighted by Crippen LogP contribution is -2.27. The molecule has 0 radical (unpaired) electrons. The Balaban J connectivity index is 2.31. The number of hydrogen-bond acceptors (Lipinski definition) is 1. The maximum absolute atomic E-state index is 13.7. The Morgan fingerprint density at radius 2 is 2.06 bits per heavy atom.